The summed E-state index contributed by atoms with van der Waals surface area (Å²) in [5, 5.41) is 8.23. The van der Waals surface area contributed by atoms with E-state index in [1.807, 2.05) is 27.7 Å². The van der Waals surface area contributed by atoms with Gasteiger partial charge in [0.05, 0.1) is 7.11 Å². The Hall–Kier alpha value is -1.69. The fourth-order valence-electron chi connectivity index (χ4n) is 3.05. The van der Waals surface area contributed by atoms with E-state index in [0.29, 0.717) is 12.6 Å². The van der Waals surface area contributed by atoms with Gasteiger partial charge in [0, 0.05) is 6.92 Å². The van der Waals surface area contributed by atoms with E-state index >= 15 is 0 Å². The molecule has 174 valence electrons. The van der Waals surface area contributed by atoms with Gasteiger partial charge in [-0.25, -0.2) is 4.79 Å². The third-order valence-corrected chi connectivity index (χ3v) is 7.46. The second kappa shape index (κ2) is 14.3. The molecule has 0 saturated carbocycles. The number of methoxy groups -OCH3 is 1. The number of ether oxygens (including phenoxy) is 1. The van der Waals surface area contributed by atoms with Crippen LogP contribution in [0.5, 0.6) is 0 Å². The summed E-state index contributed by atoms with van der Waals surface area (Å²) in [6.07, 6.45) is 2.81. The summed E-state index contributed by atoms with van der Waals surface area (Å²) in [5.41, 5.74) is 0. The summed E-state index contributed by atoms with van der Waals surface area (Å²) in [6, 6.07) is -2.29. The molecule has 0 aliphatic heterocycles. The minimum atomic E-state index is -0.780. The number of hydrogen-bond acceptors (Lipinski definition) is 5. The third-order valence-electron chi connectivity index (χ3n) is 4.79. The summed E-state index contributed by atoms with van der Waals surface area (Å²) in [6.45, 7) is 13.1. The molecule has 0 unspecified atom stereocenters. The standard InChI is InChI=1S/C21H40N3O5P/c1-9-30(10-2)12-17(24-20(27)18(14(5)6)22-15(7)25)19(26)23-16(11-13(3)4)21(28)29-8/h13-14,16-18H,9-12H2,1-8H3,(H,22,25)(H,23,26)(H,24,27)/t16-,17-,18-/m0/s1. The predicted octanol–water partition coefficient (Wildman–Crippen LogP) is 1.86. The van der Waals surface area contributed by atoms with Gasteiger partial charge in [-0.3, -0.25) is 14.4 Å². The molecule has 0 heterocycles. The van der Waals surface area contributed by atoms with Crippen LogP contribution < -0.4 is 16.0 Å². The van der Waals surface area contributed by atoms with Gasteiger partial charge in [0.1, 0.15) is 18.1 Å². The quantitative estimate of drug-likeness (QED) is 0.296. The van der Waals surface area contributed by atoms with E-state index in [9.17, 15) is 19.2 Å². The van der Waals surface area contributed by atoms with Crippen molar-refractivity contribution in [2.75, 3.05) is 25.6 Å². The van der Waals surface area contributed by atoms with Crippen LogP contribution in [0.4, 0.5) is 0 Å². The maximum Gasteiger partial charge on any atom is 0.328 e. The largest absolute Gasteiger partial charge is 0.467 e. The monoisotopic (exact) mass is 445 g/mol. The molecule has 3 atom stereocenters. The number of carbonyl (C=O) groups is 4. The number of hydrogen-bond donors (Lipinski definition) is 3. The Balaban J connectivity index is 5.58. The first kappa shape index (κ1) is 28.3. The van der Waals surface area contributed by atoms with Gasteiger partial charge in [0.25, 0.3) is 0 Å². The van der Waals surface area contributed by atoms with Crippen LogP contribution in [0.2, 0.25) is 0 Å². The summed E-state index contributed by atoms with van der Waals surface area (Å²) >= 11 is 0. The van der Waals surface area contributed by atoms with Crippen LogP contribution in [-0.4, -0.2) is 67.4 Å². The number of rotatable bonds is 13. The van der Waals surface area contributed by atoms with Gasteiger partial charge in [-0.15, -0.1) is 7.92 Å². The predicted molar refractivity (Wildman–Crippen MR) is 121 cm³/mol. The molecule has 0 aliphatic rings. The van der Waals surface area contributed by atoms with Crippen molar-refractivity contribution >= 4 is 31.6 Å². The second-order valence-electron chi connectivity index (χ2n) is 8.18. The van der Waals surface area contributed by atoms with Crippen molar-refractivity contribution in [3.05, 3.63) is 0 Å². The Bertz CT molecular complexity index is 579. The van der Waals surface area contributed by atoms with Crippen molar-refractivity contribution in [3.63, 3.8) is 0 Å². The lowest BCUT2D eigenvalue weighted by molar-refractivity contribution is -0.145. The second-order valence-corrected chi connectivity index (χ2v) is 11.2. The Labute approximate surface area is 182 Å². The molecule has 30 heavy (non-hydrogen) atoms. The summed E-state index contributed by atoms with van der Waals surface area (Å²) in [7, 11) is 0.837. The van der Waals surface area contributed by atoms with Crippen LogP contribution in [-0.2, 0) is 23.9 Å². The Morgan fingerprint density at radius 3 is 1.80 bits per heavy atom. The molecule has 8 nitrogen and oxygen atoms in total. The summed E-state index contributed by atoms with van der Waals surface area (Å²) < 4.78 is 4.83. The van der Waals surface area contributed by atoms with Gasteiger partial charge >= 0.3 is 5.97 Å². The van der Waals surface area contributed by atoms with E-state index in [0.717, 1.165) is 12.3 Å². The molecule has 0 rings (SSSR count). The van der Waals surface area contributed by atoms with E-state index in [-0.39, 0.29) is 17.7 Å². The van der Waals surface area contributed by atoms with Gasteiger partial charge in [0.2, 0.25) is 17.7 Å². The van der Waals surface area contributed by atoms with Crippen molar-refractivity contribution in [1.82, 2.24) is 16.0 Å². The number of esters is 1. The molecule has 0 saturated heterocycles. The SMILES string of the molecule is CCP(CC)C[C@H](NC(=O)[C@@H](NC(C)=O)C(C)C)C(=O)N[C@@H](CC(C)C)C(=O)OC. The van der Waals surface area contributed by atoms with Gasteiger partial charge in [-0.05, 0) is 36.7 Å². The summed E-state index contributed by atoms with van der Waals surface area (Å²) in [5.74, 6) is -1.58. The fraction of sp³-hybridized carbons (Fsp3) is 0.810. The number of nitrogens with one attached hydrogen (secondary N) is 3. The molecule has 0 radical (unpaired) electrons. The van der Waals surface area contributed by atoms with Gasteiger partial charge in [-0.1, -0.05) is 41.5 Å². The van der Waals surface area contributed by atoms with Crippen LogP contribution >= 0.6 is 7.92 Å². The zero-order valence-corrected chi connectivity index (χ0v) is 20.6. The molecular formula is C21H40N3O5P. The highest BCUT2D eigenvalue weighted by molar-refractivity contribution is 7.57. The molecular weight excluding hydrogens is 405 g/mol. The van der Waals surface area contributed by atoms with Crippen molar-refractivity contribution in [2.45, 2.75) is 73.0 Å². The van der Waals surface area contributed by atoms with Gasteiger partial charge < -0.3 is 20.7 Å². The van der Waals surface area contributed by atoms with Crippen LogP contribution in [0.15, 0.2) is 0 Å². The van der Waals surface area contributed by atoms with E-state index in [2.05, 4.69) is 29.8 Å². The van der Waals surface area contributed by atoms with Crippen LogP contribution in [0.25, 0.3) is 0 Å². The van der Waals surface area contributed by atoms with Crippen LogP contribution in [0.3, 0.4) is 0 Å². The molecule has 3 N–H and O–H groups in total. The summed E-state index contributed by atoms with van der Waals surface area (Å²) in [4.78, 5) is 49.5. The fourth-order valence-corrected chi connectivity index (χ4v) is 4.79. The zero-order valence-electron chi connectivity index (χ0n) is 19.7. The Kier molecular flexibility index (Phi) is 13.5. The maximum atomic E-state index is 13.1. The topological polar surface area (TPSA) is 114 Å². The van der Waals surface area contributed by atoms with Crippen molar-refractivity contribution in [2.24, 2.45) is 11.8 Å². The van der Waals surface area contributed by atoms with Crippen LogP contribution in [0.1, 0.15) is 54.9 Å². The molecule has 0 aromatic heterocycles. The van der Waals surface area contributed by atoms with E-state index in [1.54, 1.807) is 0 Å². The first-order chi connectivity index (χ1) is 14.0. The number of carbonyl (C=O) groups excluding carboxylic acids is 4. The van der Waals surface area contributed by atoms with E-state index < -0.39 is 43.8 Å². The molecule has 9 heteroatoms. The lowest BCUT2D eigenvalue weighted by Gasteiger charge is -2.28. The molecule has 3 amide bonds. The molecule has 0 bridgehead atoms. The Morgan fingerprint density at radius 1 is 0.867 bits per heavy atom. The van der Waals surface area contributed by atoms with Crippen molar-refractivity contribution < 1.29 is 23.9 Å². The normalized spacial score (nSPS) is 14.2. The first-order valence-corrected chi connectivity index (χ1v) is 12.5. The Morgan fingerprint density at radius 2 is 1.40 bits per heavy atom. The average Bonchev–Trinajstić information content (AvgIpc) is 2.66. The lowest BCUT2D eigenvalue weighted by atomic mass is 10.0. The minimum absolute atomic E-state index is 0.139. The maximum absolute atomic E-state index is 13.1. The van der Waals surface area contributed by atoms with Crippen molar-refractivity contribution in [3.8, 4) is 0 Å². The van der Waals surface area contributed by atoms with E-state index in [4.69, 9.17) is 4.74 Å². The number of amides is 3. The van der Waals surface area contributed by atoms with Crippen molar-refractivity contribution in [1.29, 1.82) is 0 Å². The van der Waals surface area contributed by atoms with E-state index in [1.165, 1.54) is 14.0 Å². The highest BCUT2D eigenvalue weighted by atomic mass is 31.1. The molecule has 0 aromatic rings. The van der Waals surface area contributed by atoms with Gasteiger partial charge in [0.15, 0.2) is 0 Å². The lowest BCUT2D eigenvalue weighted by Crippen LogP contribution is -2.57. The minimum Gasteiger partial charge on any atom is -0.467 e. The zero-order chi connectivity index (χ0) is 23.4. The smallest absolute Gasteiger partial charge is 0.328 e. The first-order valence-electron chi connectivity index (χ1n) is 10.6. The highest BCUT2D eigenvalue weighted by Crippen LogP contribution is 2.34. The third kappa shape index (κ3) is 10.4. The average molecular weight is 446 g/mol. The van der Waals surface area contributed by atoms with Gasteiger partial charge in [-0.2, -0.15) is 0 Å². The molecule has 0 aliphatic carbocycles. The molecule has 0 spiro atoms. The molecule has 0 aromatic carbocycles. The molecule has 0 fully saturated rings. The highest BCUT2D eigenvalue weighted by Gasteiger charge is 2.32. The van der Waals surface area contributed by atoms with Crippen LogP contribution in [0, 0.1) is 11.8 Å².